The van der Waals surface area contributed by atoms with Crippen LogP contribution in [-0.2, 0) is 19.4 Å². The smallest absolute Gasteiger partial charge is 0.273 e. The predicted octanol–water partition coefficient (Wildman–Crippen LogP) is 3.22. The molecule has 1 aromatic carbocycles. The van der Waals surface area contributed by atoms with E-state index in [9.17, 15) is 18.0 Å². The van der Waals surface area contributed by atoms with Crippen molar-refractivity contribution < 1.29 is 18.0 Å². The van der Waals surface area contributed by atoms with Crippen LogP contribution in [-0.4, -0.2) is 53.5 Å². The molecule has 1 aromatic heterocycles. The largest absolute Gasteiger partial charge is 0.297 e. The van der Waals surface area contributed by atoms with Crippen LogP contribution < -0.4 is 5.32 Å². The number of hydrogen-bond acceptors (Lipinski definition) is 7. The number of nitrogens with one attached hydrogen (secondary N) is 1. The van der Waals surface area contributed by atoms with Crippen molar-refractivity contribution in [2.45, 2.75) is 25.3 Å². The fraction of sp³-hybridized carbons (Fsp3) is 0.333. The van der Waals surface area contributed by atoms with E-state index < -0.39 is 21.8 Å². The molecular formula is C18H16Cl2N4O4S2. The Balaban J connectivity index is 1.50. The normalized spacial score (nSPS) is 20.9. The first-order chi connectivity index (χ1) is 14.2. The van der Waals surface area contributed by atoms with Crippen LogP contribution in [0, 0.1) is 0 Å². The van der Waals surface area contributed by atoms with Crippen molar-refractivity contribution >= 4 is 67.0 Å². The Morgan fingerprint density at radius 3 is 2.80 bits per heavy atom. The predicted molar refractivity (Wildman–Crippen MR) is 117 cm³/mol. The second-order valence-corrected chi connectivity index (χ2v) is 10.9. The van der Waals surface area contributed by atoms with E-state index in [2.05, 4.69) is 15.4 Å². The quantitative estimate of drug-likeness (QED) is 0.713. The summed E-state index contributed by atoms with van der Waals surface area (Å²) in [6.45, 7) is 0. The maximum Gasteiger partial charge on any atom is 0.273 e. The topological polar surface area (TPSA) is 109 Å². The summed E-state index contributed by atoms with van der Waals surface area (Å²) in [5.41, 5.74) is 1.38. The van der Waals surface area contributed by atoms with Crippen LogP contribution in [0.25, 0.3) is 11.3 Å². The van der Waals surface area contributed by atoms with Crippen molar-refractivity contribution in [1.29, 1.82) is 0 Å². The van der Waals surface area contributed by atoms with E-state index in [1.54, 1.807) is 23.6 Å². The first-order valence-corrected chi connectivity index (χ1v) is 12.5. The van der Waals surface area contributed by atoms with E-state index in [4.69, 9.17) is 23.2 Å². The van der Waals surface area contributed by atoms with Crippen LogP contribution in [0.15, 0.2) is 28.7 Å². The van der Waals surface area contributed by atoms with Gasteiger partial charge in [-0.1, -0.05) is 23.2 Å². The molecule has 1 unspecified atom stereocenters. The van der Waals surface area contributed by atoms with Crippen LogP contribution >= 0.6 is 34.5 Å². The van der Waals surface area contributed by atoms with Gasteiger partial charge in [0, 0.05) is 28.8 Å². The minimum Gasteiger partial charge on any atom is -0.297 e. The lowest BCUT2D eigenvalue weighted by molar-refractivity contribution is -0.133. The Labute approximate surface area is 186 Å². The van der Waals surface area contributed by atoms with Crippen molar-refractivity contribution in [3.8, 4) is 11.3 Å². The zero-order chi connectivity index (χ0) is 21.5. The first-order valence-electron chi connectivity index (χ1n) is 9.04. The van der Waals surface area contributed by atoms with Crippen molar-refractivity contribution in [3.05, 3.63) is 33.6 Å². The highest BCUT2D eigenvalue weighted by atomic mass is 35.5. The highest BCUT2D eigenvalue weighted by molar-refractivity contribution is 7.91. The molecule has 3 heterocycles. The summed E-state index contributed by atoms with van der Waals surface area (Å²) < 4.78 is 23.4. The number of hydrazone groups is 1. The standard InChI is InChI=1S/C18H16Cl2N4O4S2/c19-10-1-2-13(20)12(7-10)15-8-29-18(21-15)22-17(26)14-3-4-16(25)24(23-14)11-5-6-30(27,28)9-11/h1-2,7-8,11H,3-6,9H2,(H,21,22,26). The minimum atomic E-state index is -3.18. The summed E-state index contributed by atoms with van der Waals surface area (Å²) in [6.07, 6.45) is 0.603. The Morgan fingerprint density at radius 1 is 1.27 bits per heavy atom. The summed E-state index contributed by atoms with van der Waals surface area (Å²) >= 11 is 13.4. The van der Waals surface area contributed by atoms with Crippen LogP contribution in [0.4, 0.5) is 5.13 Å². The average Bonchev–Trinajstić information content (AvgIpc) is 3.30. The molecule has 12 heteroatoms. The molecule has 0 aliphatic carbocycles. The second-order valence-electron chi connectivity index (χ2n) is 6.96. The third-order valence-corrected chi connectivity index (χ3v) is 7.88. The third-order valence-electron chi connectivity index (χ3n) is 4.81. The van der Waals surface area contributed by atoms with Crippen LogP contribution in [0.5, 0.6) is 0 Å². The fourth-order valence-electron chi connectivity index (χ4n) is 3.31. The van der Waals surface area contributed by atoms with Crippen molar-refractivity contribution in [2.75, 3.05) is 16.8 Å². The monoisotopic (exact) mass is 486 g/mol. The van der Waals surface area contributed by atoms with E-state index in [-0.39, 0.29) is 36.0 Å². The van der Waals surface area contributed by atoms with Gasteiger partial charge >= 0.3 is 0 Å². The number of thiazole rings is 1. The number of carbonyl (C=O) groups is 2. The number of hydrogen-bond donors (Lipinski definition) is 1. The van der Waals surface area contributed by atoms with E-state index in [1.165, 1.54) is 11.3 Å². The number of amides is 2. The van der Waals surface area contributed by atoms with Crippen molar-refractivity contribution in [1.82, 2.24) is 9.99 Å². The molecule has 0 radical (unpaired) electrons. The number of carbonyl (C=O) groups excluding carboxylic acids is 2. The van der Waals surface area contributed by atoms with E-state index in [0.29, 0.717) is 32.9 Å². The lowest BCUT2D eigenvalue weighted by Crippen LogP contribution is -2.42. The molecule has 1 fully saturated rings. The SMILES string of the molecule is O=C(Nc1nc(-c2cc(Cl)ccc2Cl)cs1)C1=NN(C2CCS(=O)(=O)C2)C(=O)CC1. The molecule has 2 aromatic rings. The first kappa shape index (κ1) is 21.2. The molecule has 2 aliphatic rings. The number of halogens is 2. The maximum absolute atomic E-state index is 12.7. The highest BCUT2D eigenvalue weighted by Crippen LogP contribution is 2.32. The molecule has 0 spiro atoms. The van der Waals surface area contributed by atoms with Crippen LogP contribution in [0.2, 0.25) is 10.0 Å². The Hall–Kier alpha value is -2.01. The number of benzene rings is 1. The molecule has 1 atom stereocenters. The van der Waals surface area contributed by atoms with Gasteiger partial charge in [0.15, 0.2) is 15.0 Å². The number of rotatable bonds is 4. The Kier molecular flexibility index (Phi) is 5.84. The molecule has 2 amide bonds. The summed E-state index contributed by atoms with van der Waals surface area (Å²) in [5.74, 6) is -0.868. The zero-order valence-corrected chi connectivity index (χ0v) is 18.6. The Bertz CT molecular complexity index is 1160. The number of sulfone groups is 1. The summed E-state index contributed by atoms with van der Waals surface area (Å²) in [6, 6.07) is 4.51. The number of aromatic nitrogens is 1. The van der Waals surface area contributed by atoms with Gasteiger partial charge in [-0.3, -0.25) is 14.9 Å². The van der Waals surface area contributed by atoms with Gasteiger partial charge in [0.05, 0.1) is 28.3 Å². The molecule has 8 nitrogen and oxygen atoms in total. The van der Waals surface area contributed by atoms with Gasteiger partial charge in [-0.05, 0) is 24.6 Å². The Morgan fingerprint density at radius 2 is 2.07 bits per heavy atom. The highest BCUT2D eigenvalue weighted by Gasteiger charge is 2.37. The van der Waals surface area contributed by atoms with Gasteiger partial charge in [-0.2, -0.15) is 5.10 Å². The second kappa shape index (κ2) is 8.26. The van der Waals surface area contributed by atoms with Gasteiger partial charge < -0.3 is 0 Å². The number of nitrogens with zero attached hydrogens (tertiary/aromatic N) is 3. The van der Waals surface area contributed by atoms with Crippen LogP contribution in [0.1, 0.15) is 19.3 Å². The molecule has 0 saturated carbocycles. The van der Waals surface area contributed by atoms with Gasteiger partial charge in [0.25, 0.3) is 5.91 Å². The third kappa shape index (κ3) is 4.51. The van der Waals surface area contributed by atoms with Gasteiger partial charge in [-0.15, -0.1) is 11.3 Å². The lowest BCUT2D eigenvalue weighted by Gasteiger charge is -2.27. The zero-order valence-electron chi connectivity index (χ0n) is 15.5. The lowest BCUT2D eigenvalue weighted by atomic mass is 10.1. The molecule has 0 bridgehead atoms. The van der Waals surface area contributed by atoms with Crippen molar-refractivity contribution in [2.24, 2.45) is 5.10 Å². The van der Waals surface area contributed by atoms with Gasteiger partial charge in [0.2, 0.25) is 5.91 Å². The van der Waals surface area contributed by atoms with Gasteiger partial charge in [-0.25, -0.2) is 18.4 Å². The average molecular weight is 487 g/mol. The van der Waals surface area contributed by atoms with E-state index in [0.717, 1.165) is 5.01 Å². The molecule has 2 aliphatic heterocycles. The minimum absolute atomic E-state index is 0.0203. The van der Waals surface area contributed by atoms with Crippen molar-refractivity contribution in [3.63, 3.8) is 0 Å². The van der Waals surface area contributed by atoms with Gasteiger partial charge in [0.1, 0.15) is 5.71 Å². The molecule has 30 heavy (non-hydrogen) atoms. The molecule has 1 saturated heterocycles. The van der Waals surface area contributed by atoms with Crippen LogP contribution in [0.3, 0.4) is 0 Å². The number of anilines is 1. The van der Waals surface area contributed by atoms with E-state index in [1.807, 2.05) is 0 Å². The molecular weight excluding hydrogens is 471 g/mol. The molecule has 4 rings (SSSR count). The molecule has 158 valence electrons. The summed E-state index contributed by atoms with van der Waals surface area (Å²) in [4.78, 5) is 29.2. The summed E-state index contributed by atoms with van der Waals surface area (Å²) in [7, 11) is -3.18. The summed E-state index contributed by atoms with van der Waals surface area (Å²) in [5, 5.41) is 11.1. The maximum atomic E-state index is 12.7. The fourth-order valence-corrected chi connectivity index (χ4v) is 6.09. The van der Waals surface area contributed by atoms with E-state index >= 15 is 0 Å². The molecule has 1 N–H and O–H groups in total.